The maximum atomic E-state index is 15.0. The molecule has 2 heterocycles. The number of nitrogens with zero attached hydrogens (tertiary/aromatic N) is 3. The minimum absolute atomic E-state index is 0.209. The number of rotatable bonds is 16. The van der Waals surface area contributed by atoms with Gasteiger partial charge in [-0.05, 0) is 106 Å². The summed E-state index contributed by atoms with van der Waals surface area (Å²) in [5, 5.41) is 7.91. The Morgan fingerprint density at radius 3 is 2.34 bits per heavy atom. The molecule has 6 rings (SSSR count). The smallest absolute Gasteiger partial charge is 0.293 e. The summed E-state index contributed by atoms with van der Waals surface area (Å²) in [6.45, 7) is 11.6. The number of carbonyl (C=O) groups is 3. The number of ether oxygens (including phenoxy) is 1. The molecule has 4 aromatic carbocycles. The van der Waals surface area contributed by atoms with Crippen LogP contribution in [0.2, 0.25) is 10.0 Å². The van der Waals surface area contributed by atoms with Gasteiger partial charge in [-0.2, -0.15) is 0 Å². The van der Waals surface area contributed by atoms with Gasteiger partial charge in [0.15, 0.2) is 0 Å². The Hall–Kier alpha value is -5.55. The van der Waals surface area contributed by atoms with Crippen molar-refractivity contribution in [1.82, 2.24) is 20.1 Å². The van der Waals surface area contributed by atoms with E-state index in [-0.39, 0.29) is 17.9 Å². The lowest BCUT2D eigenvalue weighted by Gasteiger charge is -2.38. The Bertz CT molecular complexity index is 2280. The van der Waals surface area contributed by atoms with E-state index in [0.717, 1.165) is 72.4 Å². The van der Waals surface area contributed by atoms with Gasteiger partial charge in [-0.1, -0.05) is 78.3 Å². The van der Waals surface area contributed by atoms with Gasteiger partial charge in [0.25, 0.3) is 18.3 Å². The van der Waals surface area contributed by atoms with Gasteiger partial charge in [-0.25, -0.2) is 0 Å². The number of hydrogen-bond donors (Lipinski definition) is 3. The molecule has 5 aromatic rings. The average molecular weight is 822 g/mol. The van der Waals surface area contributed by atoms with Crippen molar-refractivity contribution in [3.63, 3.8) is 0 Å². The fourth-order valence-corrected chi connectivity index (χ4v) is 8.12. The van der Waals surface area contributed by atoms with Gasteiger partial charge in [0.05, 0.1) is 29.7 Å². The minimum Gasteiger partial charge on any atom is -0.468 e. The number of aromatic nitrogens is 1. The highest BCUT2D eigenvalue weighted by Crippen LogP contribution is 2.42. The van der Waals surface area contributed by atoms with E-state index in [9.17, 15) is 9.59 Å². The van der Waals surface area contributed by atoms with Crippen molar-refractivity contribution in [3.05, 3.63) is 142 Å². The van der Waals surface area contributed by atoms with Crippen LogP contribution in [0.5, 0.6) is 0 Å². The molecule has 0 aliphatic carbocycles. The highest BCUT2D eigenvalue weighted by Gasteiger charge is 2.30. The number of benzene rings is 4. The van der Waals surface area contributed by atoms with Gasteiger partial charge >= 0.3 is 0 Å². The van der Waals surface area contributed by atoms with Gasteiger partial charge in [0.2, 0.25) is 0 Å². The van der Waals surface area contributed by atoms with E-state index in [0.29, 0.717) is 57.2 Å². The normalized spacial score (nSPS) is 14.2. The van der Waals surface area contributed by atoms with Crippen LogP contribution >= 0.6 is 23.2 Å². The number of hydrogen-bond acceptors (Lipinski definition) is 7. The third-order valence-electron chi connectivity index (χ3n) is 11.0. The molecule has 10 nitrogen and oxygen atoms in total. The first-order valence-electron chi connectivity index (χ1n) is 19.5. The largest absolute Gasteiger partial charge is 0.468 e. The molecular formula is C46H50Cl2N6O4. The Labute approximate surface area is 350 Å². The molecule has 1 aliphatic rings. The zero-order valence-corrected chi connectivity index (χ0v) is 34.9. The van der Waals surface area contributed by atoms with E-state index in [1.165, 1.54) is 0 Å². The second-order valence-corrected chi connectivity index (χ2v) is 15.4. The molecule has 0 bridgehead atoms. The summed E-state index contributed by atoms with van der Waals surface area (Å²) in [4.78, 5) is 48.6. The van der Waals surface area contributed by atoms with Crippen molar-refractivity contribution in [3.8, 4) is 0 Å². The molecular weight excluding hydrogens is 771 g/mol. The molecule has 1 atom stereocenters. The third-order valence-corrected chi connectivity index (χ3v) is 11.5. The fourth-order valence-electron chi connectivity index (χ4n) is 7.82. The van der Waals surface area contributed by atoms with Crippen molar-refractivity contribution in [2.45, 2.75) is 45.2 Å². The summed E-state index contributed by atoms with van der Waals surface area (Å²) in [7, 11) is 3.68. The number of allylic oxidation sites excluding steroid dienone is 1. The summed E-state index contributed by atoms with van der Waals surface area (Å²) in [5.74, 6) is -0.644. The molecule has 12 heteroatoms. The first kappa shape index (κ1) is 42.1. The van der Waals surface area contributed by atoms with E-state index >= 15 is 4.79 Å². The minimum atomic E-state index is -0.383. The lowest BCUT2D eigenvalue weighted by molar-refractivity contribution is -0.128. The Kier molecular flexibility index (Phi) is 14.0. The number of piperidine rings is 1. The van der Waals surface area contributed by atoms with Crippen LogP contribution in [0.1, 0.15) is 76.7 Å². The van der Waals surface area contributed by atoms with Gasteiger partial charge in [-0.3, -0.25) is 14.4 Å². The number of anilines is 2. The number of fused-ring (bicyclic) bond motifs is 1. The summed E-state index contributed by atoms with van der Waals surface area (Å²) in [6, 6.07) is 28.9. The number of H-pyrrole nitrogens is 1. The van der Waals surface area contributed by atoms with Crippen molar-refractivity contribution in [2.24, 2.45) is 0 Å². The molecule has 1 fully saturated rings. The third kappa shape index (κ3) is 9.42. The molecule has 0 radical (unpaired) electrons. The first-order valence-corrected chi connectivity index (χ1v) is 20.2. The molecule has 1 aliphatic heterocycles. The van der Waals surface area contributed by atoms with Crippen LogP contribution in [0.15, 0.2) is 104 Å². The van der Waals surface area contributed by atoms with E-state index in [1.54, 1.807) is 25.4 Å². The van der Waals surface area contributed by atoms with E-state index in [1.807, 2.05) is 66.7 Å². The van der Waals surface area contributed by atoms with Crippen molar-refractivity contribution >= 4 is 75.0 Å². The Morgan fingerprint density at radius 2 is 1.67 bits per heavy atom. The predicted molar refractivity (Wildman–Crippen MR) is 236 cm³/mol. The molecule has 0 saturated carbocycles. The van der Waals surface area contributed by atoms with Crippen molar-refractivity contribution < 1.29 is 19.1 Å². The quantitative estimate of drug-likeness (QED) is 0.0672. The topological polar surface area (TPSA) is 110 Å². The van der Waals surface area contributed by atoms with Crippen molar-refractivity contribution in [1.29, 1.82) is 0 Å². The molecule has 0 spiro atoms. The molecule has 1 saturated heterocycles. The summed E-state index contributed by atoms with van der Waals surface area (Å²) < 4.78 is 4.88. The molecule has 302 valence electrons. The number of amides is 2. The molecule has 3 N–H and O–H groups in total. The van der Waals surface area contributed by atoms with Crippen LogP contribution in [0, 0.1) is 0 Å². The maximum Gasteiger partial charge on any atom is 0.293 e. The Morgan fingerprint density at radius 1 is 0.966 bits per heavy atom. The molecule has 1 aromatic heterocycles. The second-order valence-electron chi connectivity index (χ2n) is 14.5. The molecule has 1 unspecified atom stereocenters. The molecule has 58 heavy (non-hydrogen) atoms. The van der Waals surface area contributed by atoms with Crippen LogP contribution in [0.25, 0.3) is 22.2 Å². The summed E-state index contributed by atoms with van der Waals surface area (Å²) in [6.07, 6.45) is 4.36. The van der Waals surface area contributed by atoms with Crippen LogP contribution in [0.4, 0.5) is 11.4 Å². The standard InChI is InChI=1S/C46H50Cl2N6O4/c1-6-54(31(3)33-13-16-35(47)17-14-33)44(30(2)32-11-8-7-9-12-32)42-38-19-18-36(48)28-39(38)50-43(42)46(57)51-40-27-34(45(56)49-4)15-20-41(40)53-24-21-37(22-25-53)52(5)23-10-26-58-29-55/h6-9,11-20,27-29,31,37,50H,1,10,21-26H2,2-5H3,(H,49,56)(H,51,57)/b44-30+. The van der Waals surface area contributed by atoms with Gasteiger partial charge in [0, 0.05) is 64.8 Å². The zero-order valence-electron chi connectivity index (χ0n) is 33.4. The average Bonchev–Trinajstić information content (AvgIpc) is 3.62. The number of carbonyl (C=O) groups excluding carboxylic acids is 3. The van der Waals surface area contributed by atoms with Crippen LogP contribution in [-0.4, -0.2) is 79.4 Å². The SMILES string of the molecule is C=CN(/C(=C(\C)c1ccccc1)c1c(C(=O)Nc2cc(C(=O)NC)ccc2N2CCC(N(C)CCCOC=O)CC2)[nH]c2cc(Cl)ccc12)C(C)c1ccc(Cl)cc1. The highest BCUT2D eigenvalue weighted by molar-refractivity contribution is 6.31. The lowest BCUT2D eigenvalue weighted by Crippen LogP contribution is -2.44. The maximum absolute atomic E-state index is 15.0. The predicted octanol–water partition coefficient (Wildman–Crippen LogP) is 9.65. The Balaban J connectivity index is 1.43. The van der Waals surface area contributed by atoms with Crippen molar-refractivity contribution in [2.75, 3.05) is 50.6 Å². The van der Waals surface area contributed by atoms with E-state index in [4.69, 9.17) is 27.9 Å². The van der Waals surface area contributed by atoms with Gasteiger partial charge in [0.1, 0.15) is 5.69 Å². The fraction of sp³-hybridized carbons (Fsp3) is 0.283. The van der Waals surface area contributed by atoms with E-state index < -0.39 is 0 Å². The number of halogens is 2. The van der Waals surface area contributed by atoms with E-state index in [2.05, 4.69) is 69.9 Å². The first-order chi connectivity index (χ1) is 28.0. The van der Waals surface area contributed by atoms with Crippen LogP contribution in [0.3, 0.4) is 0 Å². The number of aromatic amines is 1. The van der Waals surface area contributed by atoms with Crippen LogP contribution in [-0.2, 0) is 9.53 Å². The van der Waals surface area contributed by atoms with Crippen LogP contribution < -0.4 is 15.5 Å². The summed E-state index contributed by atoms with van der Waals surface area (Å²) >= 11 is 12.9. The monoisotopic (exact) mass is 820 g/mol. The zero-order chi connectivity index (χ0) is 41.3. The molecule has 2 amide bonds. The number of nitrogens with one attached hydrogen (secondary N) is 3. The second kappa shape index (κ2) is 19.3. The summed E-state index contributed by atoms with van der Waals surface area (Å²) in [5.41, 5.74) is 7.16. The lowest BCUT2D eigenvalue weighted by atomic mass is 9.95. The van der Waals surface area contributed by atoms with Gasteiger partial charge < -0.3 is 35.1 Å². The highest BCUT2D eigenvalue weighted by atomic mass is 35.5. The van der Waals surface area contributed by atoms with Gasteiger partial charge in [-0.15, -0.1) is 0 Å².